The fourth-order valence-electron chi connectivity index (χ4n) is 3.71. The minimum absolute atomic E-state index is 0.524. The van der Waals surface area contributed by atoms with E-state index in [0.717, 1.165) is 57.5 Å². The Labute approximate surface area is 142 Å². The molecule has 2 aromatic heterocycles. The van der Waals surface area contributed by atoms with Crippen LogP contribution in [0, 0.1) is 0 Å². The standard InChI is InChI=1S/C16H26N8/c1-22-16(18-12-19-22)11-23-6-2-3-13(10-23)14-9-15(21-20-14)24-7-4-17-5-8-24/h9,12-13,17H,2-8,10-11H2,1H3,(H,20,21). The summed E-state index contributed by atoms with van der Waals surface area (Å²) in [6, 6.07) is 2.25. The Kier molecular flexibility index (Phi) is 4.48. The van der Waals surface area contributed by atoms with Crippen molar-refractivity contribution < 1.29 is 0 Å². The molecule has 2 aromatic rings. The molecule has 1 atom stereocenters. The molecule has 0 saturated carbocycles. The molecule has 0 bridgehead atoms. The van der Waals surface area contributed by atoms with E-state index >= 15 is 0 Å². The molecule has 0 radical (unpaired) electrons. The van der Waals surface area contributed by atoms with Crippen molar-refractivity contribution in [1.82, 2.24) is 35.2 Å². The lowest BCUT2D eigenvalue weighted by atomic mass is 9.95. The summed E-state index contributed by atoms with van der Waals surface area (Å²) in [7, 11) is 1.96. The van der Waals surface area contributed by atoms with Gasteiger partial charge in [0.1, 0.15) is 12.2 Å². The van der Waals surface area contributed by atoms with Gasteiger partial charge in [-0.3, -0.25) is 14.7 Å². The van der Waals surface area contributed by atoms with Gasteiger partial charge in [-0.15, -0.1) is 0 Å². The Bertz CT molecular complexity index is 657. The van der Waals surface area contributed by atoms with Crippen LogP contribution in [0.1, 0.15) is 30.3 Å². The van der Waals surface area contributed by atoms with Gasteiger partial charge in [0.05, 0.1) is 6.54 Å². The highest BCUT2D eigenvalue weighted by molar-refractivity contribution is 5.40. The Morgan fingerprint density at radius 2 is 2.12 bits per heavy atom. The molecule has 2 aliphatic heterocycles. The quantitative estimate of drug-likeness (QED) is 0.841. The summed E-state index contributed by atoms with van der Waals surface area (Å²) >= 11 is 0. The summed E-state index contributed by atoms with van der Waals surface area (Å²) in [6.45, 7) is 7.19. The van der Waals surface area contributed by atoms with E-state index in [4.69, 9.17) is 0 Å². The third kappa shape index (κ3) is 3.29. The van der Waals surface area contributed by atoms with Crippen LogP contribution in [0.4, 0.5) is 5.82 Å². The molecule has 0 aliphatic carbocycles. The topological polar surface area (TPSA) is 77.9 Å². The molecule has 4 heterocycles. The van der Waals surface area contributed by atoms with Crippen LogP contribution in [-0.4, -0.2) is 69.1 Å². The summed E-state index contributed by atoms with van der Waals surface area (Å²) in [5.74, 6) is 2.65. The van der Waals surface area contributed by atoms with E-state index < -0.39 is 0 Å². The van der Waals surface area contributed by atoms with Crippen molar-refractivity contribution in [3.05, 3.63) is 23.9 Å². The number of aryl methyl sites for hydroxylation is 1. The van der Waals surface area contributed by atoms with Gasteiger partial charge in [-0.25, -0.2) is 4.98 Å². The highest BCUT2D eigenvalue weighted by Crippen LogP contribution is 2.28. The second-order valence-electron chi connectivity index (χ2n) is 6.79. The molecule has 0 amide bonds. The molecule has 8 nitrogen and oxygen atoms in total. The van der Waals surface area contributed by atoms with Crippen molar-refractivity contribution in [2.45, 2.75) is 25.3 Å². The summed E-state index contributed by atoms with van der Waals surface area (Å²) in [5.41, 5.74) is 1.27. The van der Waals surface area contributed by atoms with E-state index in [-0.39, 0.29) is 0 Å². The molecule has 4 rings (SSSR count). The van der Waals surface area contributed by atoms with Gasteiger partial charge in [-0.2, -0.15) is 10.2 Å². The molecule has 24 heavy (non-hydrogen) atoms. The molecular formula is C16H26N8. The molecule has 0 aromatic carbocycles. The number of H-pyrrole nitrogens is 1. The lowest BCUT2D eigenvalue weighted by molar-refractivity contribution is 0.192. The third-order valence-corrected chi connectivity index (χ3v) is 5.14. The van der Waals surface area contributed by atoms with E-state index in [1.807, 2.05) is 11.7 Å². The Balaban J connectivity index is 1.40. The molecular weight excluding hydrogens is 304 g/mol. The number of anilines is 1. The Hall–Kier alpha value is -1.93. The minimum Gasteiger partial charge on any atom is -0.353 e. The Morgan fingerprint density at radius 3 is 2.92 bits per heavy atom. The van der Waals surface area contributed by atoms with Gasteiger partial charge < -0.3 is 10.2 Å². The minimum atomic E-state index is 0.524. The van der Waals surface area contributed by atoms with Crippen LogP contribution in [0.2, 0.25) is 0 Å². The van der Waals surface area contributed by atoms with Crippen molar-refractivity contribution >= 4 is 5.82 Å². The van der Waals surface area contributed by atoms with Gasteiger partial charge >= 0.3 is 0 Å². The predicted octanol–water partition coefficient (Wildman–Crippen LogP) is 0.327. The van der Waals surface area contributed by atoms with Crippen molar-refractivity contribution in [3.63, 3.8) is 0 Å². The normalized spacial score (nSPS) is 22.9. The zero-order valence-electron chi connectivity index (χ0n) is 14.3. The van der Waals surface area contributed by atoms with Gasteiger partial charge in [0.25, 0.3) is 0 Å². The first kappa shape index (κ1) is 15.6. The second-order valence-corrected chi connectivity index (χ2v) is 6.79. The summed E-state index contributed by atoms with van der Waals surface area (Å²) in [6.07, 6.45) is 4.06. The highest BCUT2D eigenvalue weighted by Gasteiger charge is 2.25. The van der Waals surface area contributed by atoms with Crippen LogP contribution in [0.15, 0.2) is 12.4 Å². The third-order valence-electron chi connectivity index (χ3n) is 5.14. The number of nitrogens with one attached hydrogen (secondary N) is 2. The van der Waals surface area contributed by atoms with Crippen LogP contribution in [-0.2, 0) is 13.6 Å². The molecule has 2 fully saturated rings. The maximum Gasteiger partial charge on any atom is 0.150 e. The van der Waals surface area contributed by atoms with Crippen molar-refractivity contribution in [1.29, 1.82) is 0 Å². The number of rotatable bonds is 4. The van der Waals surface area contributed by atoms with Gasteiger partial charge in [-0.05, 0) is 19.4 Å². The molecule has 8 heteroatoms. The second kappa shape index (κ2) is 6.90. The van der Waals surface area contributed by atoms with Crippen LogP contribution in [0.25, 0.3) is 0 Å². The number of likely N-dealkylation sites (tertiary alicyclic amines) is 1. The Morgan fingerprint density at radius 1 is 1.25 bits per heavy atom. The van der Waals surface area contributed by atoms with Crippen LogP contribution in [0.5, 0.6) is 0 Å². The maximum absolute atomic E-state index is 4.56. The lowest BCUT2D eigenvalue weighted by Gasteiger charge is -2.31. The van der Waals surface area contributed by atoms with Crippen LogP contribution >= 0.6 is 0 Å². The first-order chi connectivity index (χ1) is 11.8. The van der Waals surface area contributed by atoms with Gasteiger partial charge in [-0.1, -0.05) is 0 Å². The summed E-state index contributed by atoms with van der Waals surface area (Å²) in [5, 5.41) is 15.4. The lowest BCUT2D eigenvalue weighted by Crippen LogP contribution is -2.43. The zero-order valence-corrected chi connectivity index (χ0v) is 14.3. The van der Waals surface area contributed by atoms with Crippen molar-refractivity contribution in [3.8, 4) is 0 Å². The number of aromatic nitrogens is 5. The van der Waals surface area contributed by atoms with Gasteiger partial charge in [0.15, 0.2) is 5.82 Å². The average molecular weight is 330 g/mol. The molecule has 1 unspecified atom stereocenters. The SMILES string of the molecule is Cn1ncnc1CN1CCCC(c2cc(N3CCNCC3)n[nH]2)C1. The maximum atomic E-state index is 4.56. The first-order valence-electron chi connectivity index (χ1n) is 8.86. The van der Waals surface area contributed by atoms with E-state index in [9.17, 15) is 0 Å². The predicted molar refractivity (Wildman–Crippen MR) is 91.9 cm³/mol. The van der Waals surface area contributed by atoms with Gasteiger partial charge in [0, 0.05) is 57.4 Å². The molecule has 2 N–H and O–H groups in total. The molecule has 130 valence electrons. The number of nitrogens with zero attached hydrogens (tertiary/aromatic N) is 6. The fourth-order valence-corrected chi connectivity index (χ4v) is 3.71. The number of hydrogen-bond donors (Lipinski definition) is 2. The van der Waals surface area contributed by atoms with Crippen LogP contribution in [0.3, 0.4) is 0 Å². The number of aromatic amines is 1. The number of piperidine rings is 1. The summed E-state index contributed by atoms with van der Waals surface area (Å²) in [4.78, 5) is 9.18. The van der Waals surface area contributed by atoms with E-state index in [1.165, 1.54) is 18.5 Å². The van der Waals surface area contributed by atoms with Crippen LogP contribution < -0.4 is 10.2 Å². The molecule has 0 spiro atoms. The zero-order chi connectivity index (χ0) is 16.4. The molecule has 2 aliphatic rings. The van der Waals surface area contributed by atoms with E-state index in [2.05, 4.69) is 41.5 Å². The highest BCUT2D eigenvalue weighted by atomic mass is 15.3. The monoisotopic (exact) mass is 330 g/mol. The average Bonchev–Trinajstić information content (AvgIpc) is 3.26. The fraction of sp³-hybridized carbons (Fsp3) is 0.688. The number of piperazine rings is 1. The van der Waals surface area contributed by atoms with Crippen molar-refractivity contribution in [2.75, 3.05) is 44.2 Å². The van der Waals surface area contributed by atoms with Crippen molar-refractivity contribution in [2.24, 2.45) is 7.05 Å². The van der Waals surface area contributed by atoms with Gasteiger partial charge in [0.2, 0.25) is 0 Å². The first-order valence-corrected chi connectivity index (χ1v) is 8.86. The largest absolute Gasteiger partial charge is 0.353 e. The smallest absolute Gasteiger partial charge is 0.150 e. The summed E-state index contributed by atoms with van der Waals surface area (Å²) < 4.78 is 1.86. The molecule has 2 saturated heterocycles. The number of hydrogen-bond acceptors (Lipinski definition) is 6. The van der Waals surface area contributed by atoms with E-state index in [0.29, 0.717) is 5.92 Å². The van der Waals surface area contributed by atoms with E-state index in [1.54, 1.807) is 6.33 Å².